The molecular weight excluding hydrogens is 1670 g/mol. The number of pyridine rings is 2. The van der Waals surface area contributed by atoms with Gasteiger partial charge in [0.05, 0.1) is 23.9 Å². The van der Waals surface area contributed by atoms with E-state index in [0.29, 0.717) is 58.9 Å². The average Bonchev–Trinajstić information content (AvgIpc) is 1.50. The summed E-state index contributed by atoms with van der Waals surface area (Å²) >= 11 is 7.51. The summed E-state index contributed by atoms with van der Waals surface area (Å²) in [4.78, 5) is 121. The van der Waals surface area contributed by atoms with Crippen LogP contribution in [0.2, 0.25) is 5.02 Å². The number of hydrogen-bond acceptors (Lipinski definition) is 23. The van der Waals surface area contributed by atoms with Gasteiger partial charge >= 0.3 is 0 Å². The monoisotopic (exact) mass is 1770 g/mol. The molecule has 19 rings (SSSR count). The number of halogens is 1. The molecule has 3 aromatic heterocycles. The lowest BCUT2D eigenvalue weighted by atomic mass is 9.82. The second-order valence-corrected chi connectivity index (χ2v) is 34.0. The SMILES string of the molecule is CC1(c2cccc(-c3cccc(C#N)c3)c2)COC(N)=N1.CN1C(=O)C(c2cccc(-c3cccc(Cl)c3)c2)(c2nccs2)N=C1N.CN1C(=O)C(c2ccccc2)(c2cccc(CC(=O)c3cccnc3)c2)N=C1N.Cc1cccc(-c2cccc(C3(C4CC4)N=C(N)N(C)C3=O)c2)n1.NCC(=O)N1CCC(CN2C(=O)C(c3ccccc3)(c3ccccc3)N=C2N)CC1. The first kappa shape index (κ1) is 89.6. The fourth-order valence-corrected chi connectivity index (χ4v) is 18.0. The smallest absolute Gasteiger partial charge is 0.283 e. The Hall–Kier alpha value is -15.2. The lowest BCUT2D eigenvalue weighted by Crippen LogP contribution is -2.48. The van der Waals surface area contributed by atoms with Crippen LogP contribution >= 0.6 is 22.9 Å². The van der Waals surface area contributed by atoms with E-state index in [1.807, 2.05) is 262 Å². The van der Waals surface area contributed by atoms with Crippen LogP contribution < -0.4 is 34.4 Å². The number of aromatic nitrogens is 3. The molecule has 656 valence electrons. The van der Waals surface area contributed by atoms with Gasteiger partial charge in [0, 0.05) is 93.0 Å². The number of rotatable bonds is 18. The summed E-state index contributed by atoms with van der Waals surface area (Å²) < 4.78 is 5.29. The molecule has 9 heterocycles. The molecule has 1 saturated heterocycles. The number of carbonyl (C=O) groups is 6. The Morgan fingerprint density at radius 1 is 0.515 bits per heavy atom. The Morgan fingerprint density at radius 2 is 1.02 bits per heavy atom. The van der Waals surface area contributed by atoms with Crippen LogP contribution in [-0.4, -0.2) is 159 Å². The van der Waals surface area contributed by atoms with Crippen LogP contribution in [0.4, 0.5) is 0 Å². The third-order valence-corrected chi connectivity index (χ3v) is 25.3. The van der Waals surface area contributed by atoms with E-state index in [1.165, 1.54) is 26.0 Å². The number of ether oxygens (including phenoxy) is 1. The molecule has 12 aromatic rings. The molecule has 12 N–H and O–H groups in total. The van der Waals surface area contributed by atoms with Gasteiger partial charge in [-0.05, 0) is 185 Å². The average molecular weight is 1770 g/mol. The molecule has 130 heavy (non-hydrogen) atoms. The minimum atomic E-state index is -1.26. The van der Waals surface area contributed by atoms with Gasteiger partial charge in [0.2, 0.25) is 11.4 Å². The molecular formula is C101H97ClN20O7S. The lowest BCUT2D eigenvalue weighted by molar-refractivity contribution is -0.133. The molecule has 29 heteroatoms. The van der Waals surface area contributed by atoms with Gasteiger partial charge in [-0.3, -0.25) is 58.3 Å². The number of benzene rings is 9. The summed E-state index contributed by atoms with van der Waals surface area (Å²) in [5.41, 5.74) is 44.9. The third-order valence-electron chi connectivity index (χ3n) is 24.2. The van der Waals surface area contributed by atoms with E-state index in [0.717, 1.165) is 104 Å². The molecule has 0 bridgehead atoms. The number of nitrogens with two attached hydrogens (primary N) is 6. The minimum absolute atomic E-state index is 0.0288. The maximum Gasteiger partial charge on any atom is 0.283 e. The molecule has 6 aliphatic heterocycles. The molecule has 5 amide bonds. The number of aliphatic imine (C=N–C) groups is 5. The summed E-state index contributed by atoms with van der Waals surface area (Å²) in [7, 11) is 4.93. The number of piperidine rings is 1. The highest BCUT2D eigenvalue weighted by Gasteiger charge is 2.58. The molecule has 1 aliphatic carbocycles. The highest BCUT2D eigenvalue weighted by atomic mass is 35.5. The second kappa shape index (κ2) is 38.2. The normalized spacial score (nSPS) is 20.1. The number of hydrogen-bond donors (Lipinski definition) is 6. The van der Waals surface area contributed by atoms with Crippen LogP contribution in [0.1, 0.15) is 104 Å². The highest BCUT2D eigenvalue weighted by molar-refractivity contribution is 7.09. The van der Waals surface area contributed by atoms with E-state index in [4.69, 9.17) is 61.0 Å². The molecule has 7 aliphatic rings. The fraction of sp³-hybridized carbons (Fsp3) is 0.218. The van der Waals surface area contributed by atoms with Gasteiger partial charge in [0.1, 0.15) is 17.2 Å². The van der Waals surface area contributed by atoms with Crippen LogP contribution in [0.25, 0.3) is 33.5 Å². The van der Waals surface area contributed by atoms with Crippen LogP contribution in [0.3, 0.4) is 0 Å². The number of likely N-dealkylation sites (tertiary alicyclic amines) is 1. The largest absolute Gasteiger partial charge is 0.462 e. The lowest BCUT2D eigenvalue weighted by Gasteiger charge is -2.34. The van der Waals surface area contributed by atoms with Crippen LogP contribution in [0.15, 0.2) is 316 Å². The minimum Gasteiger partial charge on any atom is -0.462 e. The van der Waals surface area contributed by atoms with Crippen molar-refractivity contribution in [3.63, 3.8) is 0 Å². The van der Waals surface area contributed by atoms with Gasteiger partial charge in [-0.1, -0.05) is 212 Å². The van der Waals surface area contributed by atoms with Crippen molar-refractivity contribution in [3.8, 4) is 39.6 Å². The van der Waals surface area contributed by atoms with Gasteiger partial charge in [-0.25, -0.2) is 29.9 Å². The number of nitriles is 1. The van der Waals surface area contributed by atoms with Gasteiger partial charge in [-0.2, -0.15) is 5.26 Å². The van der Waals surface area contributed by atoms with E-state index in [9.17, 15) is 28.8 Å². The maximum atomic E-state index is 13.8. The summed E-state index contributed by atoms with van der Waals surface area (Å²) in [5, 5.41) is 12.1. The van der Waals surface area contributed by atoms with Crippen molar-refractivity contribution in [2.75, 3.05) is 53.9 Å². The van der Waals surface area contributed by atoms with Gasteiger partial charge < -0.3 is 44.0 Å². The van der Waals surface area contributed by atoms with E-state index in [2.05, 4.69) is 47.1 Å². The zero-order chi connectivity index (χ0) is 91.7. The maximum absolute atomic E-state index is 13.8. The van der Waals surface area contributed by atoms with E-state index >= 15 is 0 Å². The quantitative estimate of drug-likeness (QED) is 0.0435. The number of amides is 5. The first-order valence-corrected chi connectivity index (χ1v) is 43.6. The Labute approximate surface area is 762 Å². The van der Waals surface area contributed by atoms with Gasteiger partial charge in [0.15, 0.2) is 46.2 Å². The summed E-state index contributed by atoms with van der Waals surface area (Å²) in [6.45, 7) is 6.26. The number of amidine groups is 1. The van der Waals surface area contributed by atoms with Crippen molar-refractivity contribution in [1.29, 1.82) is 5.26 Å². The van der Waals surface area contributed by atoms with Crippen molar-refractivity contribution >= 4 is 88.1 Å². The Balaban J connectivity index is 0.000000125. The Morgan fingerprint density at radius 3 is 1.55 bits per heavy atom. The topological polar surface area (TPSA) is 408 Å². The predicted octanol–water partition coefficient (Wildman–Crippen LogP) is 12.5. The summed E-state index contributed by atoms with van der Waals surface area (Å²) in [5.74, 6) is 0.704. The van der Waals surface area contributed by atoms with Gasteiger partial charge in [-0.15, -0.1) is 11.3 Å². The molecule has 0 spiro atoms. The van der Waals surface area contributed by atoms with E-state index in [1.54, 1.807) is 67.7 Å². The third kappa shape index (κ3) is 18.0. The van der Waals surface area contributed by atoms with Crippen LogP contribution in [-0.2, 0) is 62.8 Å². The molecule has 27 nitrogen and oxygen atoms in total. The fourth-order valence-electron chi connectivity index (χ4n) is 17.0. The number of aryl methyl sites for hydroxylation is 1. The zero-order valence-electron chi connectivity index (χ0n) is 72.3. The van der Waals surface area contributed by atoms with Gasteiger partial charge in [0.25, 0.3) is 29.7 Å². The Bertz CT molecular complexity index is 6430. The molecule has 1 saturated carbocycles. The second-order valence-electron chi connectivity index (χ2n) is 32.7. The van der Waals surface area contributed by atoms with Crippen molar-refractivity contribution in [2.45, 2.75) is 73.6 Å². The number of nitrogens with zero attached hydrogens (tertiary/aromatic N) is 14. The van der Waals surface area contributed by atoms with Crippen LogP contribution in [0, 0.1) is 30.1 Å². The molecule has 9 aromatic carbocycles. The molecule has 2 fully saturated rings. The number of ketones is 1. The number of Topliss-reactive ketones (excluding diaryl/α,β-unsaturated/α-hetero) is 1. The summed E-state index contributed by atoms with van der Waals surface area (Å²) in [6.07, 6.45) is 8.68. The van der Waals surface area contributed by atoms with Crippen molar-refractivity contribution in [3.05, 3.63) is 362 Å². The number of likely N-dealkylation sites (N-methyl/N-ethyl adjacent to an activating group) is 3. The van der Waals surface area contributed by atoms with E-state index in [-0.39, 0.29) is 84.0 Å². The highest BCUT2D eigenvalue weighted by Crippen LogP contribution is 2.52. The van der Waals surface area contributed by atoms with E-state index < -0.39 is 27.7 Å². The standard InChI is InChI=1S/C23H27N5O2.C23H20N4O2.C19H15ClN4OS.C19H20N4O.C17H15N3O/c24-15-20(29)27-13-11-17(12-14-27)16-28-21(30)23(26-22(28)25,18-7-3-1-4-8-18)19-9-5-2-6-10-19;1-27-21(29)23(26-22(27)24,18-9-3-2-4-10-18)19-11-5-7-16(13-19)14-20(28)17-8-6-12-25-15-17;1-24-17(25)19(23-18(24)21,16-22-8-9-26-16)14-6-2-4-12(10-14)13-5-3-7-15(20)11-13;1-12-5-3-8-16(21-12)13-6-4-7-15(11-13)19(14-9-10-14)17(24)23(2)18(20)22-19;1-17(11-21-16(19)20-17)15-7-3-6-14(9-15)13-5-2-4-12(8-13)10-18/h1-10,17H,11-16,24H2,(H2,25,26);2-13,15H,14H2,1H3,(H2,24,26);2-11H,1H3,(H2,21,23);3-8,11,14H,9-10H2,1-2H3,(H2,20,22);2-9H,11H2,1H3,(H2,19,20). The number of carbonyl (C=O) groups excluding carboxylic acids is 6. The van der Waals surface area contributed by atoms with Crippen molar-refractivity contribution in [1.82, 2.24) is 39.5 Å². The summed E-state index contributed by atoms with van der Waals surface area (Å²) in [6, 6.07) is 86.6. The number of guanidine groups is 4. The molecule has 4 unspecified atom stereocenters. The van der Waals surface area contributed by atoms with Crippen molar-refractivity contribution in [2.24, 2.45) is 71.2 Å². The molecule has 0 radical (unpaired) electrons. The first-order chi connectivity index (χ1) is 62.7. The zero-order valence-corrected chi connectivity index (χ0v) is 73.9. The predicted molar refractivity (Wildman–Crippen MR) is 505 cm³/mol. The first-order valence-electron chi connectivity index (χ1n) is 42.4. The van der Waals surface area contributed by atoms with Crippen molar-refractivity contribution < 1.29 is 33.5 Å². The number of thiazole rings is 1. The Kier molecular flexibility index (Phi) is 26.3. The van der Waals surface area contributed by atoms with Crippen LogP contribution in [0.5, 0.6) is 0 Å². The molecule has 4 atom stereocenters.